The second-order valence-electron chi connectivity index (χ2n) is 6.69. The van der Waals surface area contributed by atoms with Crippen molar-refractivity contribution in [2.75, 3.05) is 12.8 Å². The third kappa shape index (κ3) is 4.81. The van der Waals surface area contributed by atoms with E-state index in [-0.39, 0.29) is 11.9 Å². The largest absolute Gasteiger partial charge is 0.338 e. The second-order valence-corrected chi connectivity index (χ2v) is 7.63. The van der Waals surface area contributed by atoms with E-state index in [1.165, 1.54) is 17.3 Å². The van der Waals surface area contributed by atoms with E-state index < -0.39 is 0 Å². The molecule has 2 aromatic carbocycles. The van der Waals surface area contributed by atoms with Crippen LogP contribution in [0.5, 0.6) is 0 Å². The summed E-state index contributed by atoms with van der Waals surface area (Å²) in [5.74, 6) is 1.35. The van der Waals surface area contributed by atoms with E-state index >= 15 is 0 Å². The monoisotopic (exact) mass is 394 g/mol. The molecule has 3 aromatic rings. The molecule has 0 aliphatic rings. The number of thioether (sulfide) groups is 1. The van der Waals surface area contributed by atoms with Crippen molar-refractivity contribution in [1.29, 1.82) is 0 Å². The van der Waals surface area contributed by atoms with Crippen LogP contribution in [0.15, 0.2) is 65.8 Å². The van der Waals surface area contributed by atoms with E-state index in [1.807, 2.05) is 62.5 Å². The molecule has 0 saturated carbocycles. The maximum absolute atomic E-state index is 12.7. The summed E-state index contributed by atoms with van der Waals surface area (Å²) >= 11 is 1.45. The lowest BCUT2D eigenvalue weighted by Crippen LogP contribution is -2.31. The first-order chi connectivity index (χ1) is 13.6. The van der Waals surface area contributed by atoms with Crippen LogP contribution < -0.4 is 0 Å². The highest BCUT2D eigenvalue weighted by Crippen LogP contribution is 2.22. The summed E-state index contributed by atoms with van der Waals surface area (Å²) in [6.07, 6.45) is 0.737. The molecule has 0 N–H and O–H groups in total. The molecule has 1 heterocycles. The number of carbonyl (C=O) groups excluding carboxylic acids is 1. The van der Waals surface area contributed by atoms with Crippen molar-refractivity contribution in [3.05, 3.63) is 77.6 Å². The molecule has 0 aliphatic heterocycles. The summed E-state index contributed by atoms with van der Waals surface area (Å²) < 4.78 is 2.09. The lowest BCUT2D eigenvalue weighted by molar-refractivity contribution is -0.128. The van der Waals surface area contributed by atoms with Gasteiger partial charge in [0.15, 0.2) is 5.16 Å². The Morgan fingerprint density at radius 3 is 2.36 bits per heavy atom. The first-order valence-corrected chi connectivity index (χ1v) is 10.5. The molecule has 28 heavy (non-hydrogen) atoms. The molecule has 0 bridgehead atoms. The molecule has 1 atom stereocenters. The Morgan fingerprint density at radius 1 is 1.07 bits per heavy atom. The number of aromatic nitrogens is 3. The summed E-state index contributed by atoms with van der Waals surface area (Å²) in [6, 6.07) is 20.3. The van der Waals surface area contributed by atoms with Gasteiger partial charge < -0.3 is 9.47 Å². The van der Waals surface area contributed by atoms with Crippen molar-refractivity contribution >= 4 is 17.7 Å². The molecule has 3 rings (SSSR count). The Morgan fingerprint density at radius 2 is 1.71 bits per heavy atom. The van der Waals surface area contributed by atoms with E-state index in [9.17, 15) is 4.79 Å². The van der Waals surface area contributed by atoms with E-state index in [4.69, 9.17) is 0 Å². The molecule has 1 aromatic heterocycles. The smallest absolute Gasteiger partial charge is 0.233 e. The predicted molar refractivity (Wildman–Crippen MR) is 113 cm³/mol. The molecule has 6 heteroatoms. The van der Waals surface area contributed by atoms with Crippen molar-refractivity contribution in [1.82, 2.24) is 19.7 Å². The van der Waals surface area contributed by atoms with Crippen molar-refractivity contribution in [3.8, 4) is 0 Å². The molecule has 146 valence electrons. The Kier molecular flexibility index (Phi) is 6.87. The Hall–Kier alpha value is -2.60. The lowest BCUT2D eigenvalue weighted by Gasteiger charge is -2.25. The standard InChI is InChI=1S/C22H26N4OS/c1-4-26-20(15-18-11-7-5-8-12-18)23-24-22(26)28-16-21(27)25(3)17(2)19-13-9-6-10-14-19/h5-14,17H,4,15-16H2,1-3H3. The number of amides is 1. The molecule has 0 aliphatic carbocycles. The van der Waals surface area contributed by atoms with Crippen molar-refractivity contribution < 1.29 is 4.79 Å². The van der Waals surface area contributed by atoms with Gasteiger partial charge >= 0.3 is 0 Å². The van der Waals surface area contributed by atoms with Gasteiger partial charge in [-0.1, -0.05) is 72.4 Å². The van der Waals surface area contributed by atoms with Gasteiger partial charge in [0.1, 0.15) is 5.82 Å². The fourth-order valence-electron chi connectivity index (χ4n) is 3.05. The number of benzene rings is 2. The van der Waals surface area contributed by atoms with Crippen LogP contribution in [0.1, 0.15) is 36.8 Å². The topological polar surface area (TPSA) is 51.0 Å². The first kappa shape index (κ1) is 20.1. The van der Waals surface area contributed by atoms with Gasteiger partial charge in [-0.25, -0.2) is 0 Å². The van der Waals surface area contributed by atoms with Crippen LogP contribution in [-0.2, 0) is 17.8 Å². The zero-order valence-electron chi connectivity index (χ0n) is 16.6. The molecular weight excluding hydrogens is 368 g/mol. The average molecular weight is 395 g/mol. The first-order valence-electron chi connectivity index (χ1n) is 9.49. The number of hydrogen-bond acceptors (Lipinski definition) is 4. The maximum atomic E-state index is 12.7. The molecule has 1 amide bonds. The quantitative estimate of drug-likeness (QED) is 0.537. The highest BCUT2D eigenvalue weighted by molar-refractivity contribution is 7.99. The highest BCUT2D eigenvalue weighted by Gasteiger charge is 2.19. The molecule has 5 nitrogen and oxygen atoms in total. The SMILES string of the molecule is CCn1c(Cc2ccccc2)nnc1SCC(=O)N(C)C(C)c1ccccc1. The van der Waals surface area contributed by atoms with Gasteiger partial charge in [0.2, 0.25) is 5.91 Å². The highest BCUT2D eigenvalue weighted by atomic mass is 32.2. The number of nitrogens with zero attached hydrogens (tertiary/aromatic N) is 4. The molecule has 0 fully saturated rings. The zero-order valence-corrected chi connectivity index (χ0v) is 17.4. The van der Waals surface area contributed by atoms with Gasteiger partial charge in [0.25, 0.3) is 0 Å². The molecular formula is C22H26N4OS. The van der Waals surface area contributed by atoms with Crippen molar-refractivity contribution in [2.45, 2.75) is 38.0 Å². The predicted octanol–water partition coefficient (Wildman–Crippen LogP) is 4.20. The van der Waals surface area contributed by atoms with Gasteiger partial charge in [0, 0.05) is 20.0 Å². The Labute approximate surface area is 170 Å². The van der Waals surface area contributed by atoms with Crippen LogP contribution in [0.25, 0.3) is 0 Å². The summed E-state index contributed by atoms with van der Waals surface area (Å²) in [6.45, 7) is 4.90. The number of carbonyl (C=O) groups is 1. The third-order valence-corrected chi connectivity index (χ3v) is 5.85. The fourth-order valence-corrected chi connectivity index (χ4v) is 4.00. The zero-order chi connectivity index (χ0) is 19.9. The van der Waals surface area contributed by atoms with Crippen molar-refractivity contribution in [3.63, 3.8) is 0 Å². The van der Waals surface area contributed by atoms with E-state index in [0.29, 0.717) is 5.75 Å². The van der Waals surface area contributed by atoms with Gasteiger partial charge in [0.05, 0.1) is 11.8 Å². The molecule has 0 spiro atoms. The second kappa shape index (κ2) is 9.55. The minimum atomic E-state index is 0.0342. The van der Waals surface area contributed by atoms with E-state index in [0.717, 1.165) is 29.5 Å². The summed E-state index contributed by atoms with van der Waals surface area (Å²) in [4.78, 5) is 14.5. The summed E-state index contributed by atoms with van der Waals surface area (Å²) in [5.41, 5.74) is 2.33. The lowest BCUT2D eigenvalue weighted by atomic mass is 10.1. The Balaban J connectivity index is 1.63. The van der Waals surface area contributed by atoms with E-state index in [1.54, 1.807) is 4.90 Å². The van der Waals surface area contributed by atoms with Gasteiger partial charge in [-0.15, -0.1) is 10.2 Å². The van der Waals surface area contributed by atoms with Crippen LogP contribution in [0.4, 0.5) is 0 Å². The number of rotatable bonds is 8. The van der Waals surface area contributed by atoms with Crippen molar-refractivity contribution in [2.24, 2.45) is 0 Å². The molecule has 1 unspecified atom stereocenters. The third-order valence-electron chi connectivity index (χ3n) is 4.90. The normalized spacial score (nSPS) is 12.0. The maximum Gasteiger partial charge on any atom is 0.233 e. The number of hydrogen-bond donors (Lipinski definition) is 0. The van der Waals surface area contributed by atoms with Crippen LogP contribution in [-0.4, -0.2) is 38.4 Å². The Bertz CT molecular complexity index is 895. The van der Waals surface area contributed by atoms with Crippen LogP contribution in [0.2, 0.25) is 0 Å². The van der Waals surface area contributed by atoms with Crippen LogP contribution in [0, 0.1) is 0 Å². The van der Waals surface area contributed by atoms with Gasteiger partial charge in [-0.05, 0) is 25.0 Å². The summed E-state index contributed by atoms with van der Waals surface area (Å²) in [5, 5.41) is 9.47. The minimum Gasteiger partial charge on any atom is -0.338 e. The molecule has 0 radical (unpaired) electrons. The van der Waals surface area contributed by atoms with Crippen LogP contribution >= 0.6 is 11.8 Å². The van der Waals surface area contributed by atoms with Gasteiger partial charge in [-0.3, -0.25) is 4.79 Å². The van der Waals surface area contributed by atoms with Gasteiger partial charge in [-0.2, -0.15) is 0 Å². The average Bonchev–Trinajstić information content (AvgIpc) is 3.13. The van der Waals surface area contributed by atoms with Crippen LogP contribution in [0.3, 0.4) is 0 Å². The molecule has 0 saturated heterocycles. The summed E-state index contributed by atoms with van der Waals surface area (Å²) in [7, 11) is 1.85. The minimum absolute atomic E-state index is 0.0342. The van der Waals surface area contributed by atoms with E-state index in [2.05, 4.69) is 33.8 Å². The fraction of sp³-hybridized carbons (Fsp3) is 0.318.